The van der Waals surface area contributed by atoms with Gasteiger partial charge < -0.3 is 38.3 Å². The van der Waals surface area contributed by atoms with Crippen molar-refractivity contribution >= 4 is 46.1 Å². The number of carboxylic acids is 1. The molecule has 1 fully saturated rings. The molecule has 5 nitrogen and oxygen atoms in total. The van der Waals surface area contributed by atoms with Gasteiger partial charge in [0.2, 0.25) is 0 Å². The van der Waals surface area contributed by atoms with Crippen molar-refractivity contribution in [3.63, 3.8) is 0 Å². The Morgan fingerprint density at radius 2 is 2.25 bits per heavy atom. The molecule has 89 valence electrons. The van der Waals surface area contributed by atoms with E-state index in [1.807, 2.05) is 45.2 Å². The highest BCUT2D eigenvalue weighted by molar-refractivity contribution is 14.1. The van der Waals surface area contributed by atoms with Crippen LogP contribution in [0.15, 0.2) is 10.7 Å². The van der Waals surface area contributed by atoms with Gasteiger partial charge in [-0.05, 0) is 16.4 Å². The lowest BCUT2D eigenvalue weighted by atomic mass is 9.87. The monoisotopic (exact) mass is 468 g/mol. The van der Waals surface area contributed by atoms with E-state index in [2.05, 4.69) is 0 Å². The molecule has 1 amide bonds. The van der Waals surface area contributed by atoms with Gasteiger partial charge in [0.15, 0.2) is 0 Å². The molecule has 0 spiro atoms. The number of nitrogens with zero attached hydrogens (tertiary/aromatic N) is 1. The predicted octanol–water partition coefficient (Wildman–Crippen LogP) is -2.50. The lowest BCUT2D eigenvalue weighted by molar-refractivity contribution is -0.533. The summed E-state index contributed by atoms with van der Waals surface area (Å²) in [4.78, 5) is 24.1. The van der Waals surface area contributed by atoms with Gasteiger partial charge in [-0.15, -0.1) is 0 Å². The first-order valence-electron chi connectivity index (χ1n) is 4.37. The van der Waals surface area contributed by atoms with E-state index in [-0.39, 0.29) is 10.7 Å². The fourth-order valence-electron chi connectivity index (χ4n) is 1.90. The van der Waals surface area contributed by atoms with Crippen molar-refractivity contribution in [2.24, 2.45) is 5.73 Å². The second-order valence-corrected chi connectivity index (χ2v) is 7.61. The number of allylic oxidation sites excluding steroid dienone is 1. The zero-order valence-corrected chi connectivity index (χ0v) is 12.9. The van der Waals surface area contributed by atoms with Crippen LogP contribution in [-0.2, 0) is 9.59 Å². The number of alkyl halides is 2. The molecule has 2 aliphatic rings. The van der Waals surface area contributed by atoms with Gasteiger partial charge in [0.05, 0.1) is 0 Å². The normalized spacial score (nSPS) is 38.2. The molecule has 0 aromatic heterocycles. The van der Waals surface area contributed by atoms with Crippen molar-refractivity contribution < 1.29 is 37.3 Å². The third-order valence-corrected chi connectivity index (χ3v) is 7.41. The number of hydrogen-bond acceptors (Lipinski definition) is 3. The summed E-state index contributed by atoms with van der Waals surface area (Å²) < 4.78 is -1.74. The van der Waals surface area contributed by atoms with E-state index in [0.29, 0.717) is 12.8 Å². The minimum atomic E-state index is -1.19. The van der Waals surface area contributed by atoms with E-state index in [1.54, 1.807) is 0 Å². The van der Waals surface area contributed by atoms with Crippen LogP contribution in [-0.4, -0.2) is 29.0 Å². The first-order valence-corrected chi connectivity index (χ1v) is 6.90. The summed E-state index contributed by atoms with van der Waals surface area (Å²) in [6.45, 7) is 0. The maximum atomic E-state index is 11.8. The van der Waals surface area contributed by atoms with Crippen LogP contribution in [0.4, 0.5) is 0 Å². The Labute approximate surface area is 124 Å². The third kappa shape index (κ3) is 1.37. The summed E-state index contributed by atoms with van der Waals surface area (Å²) in [6.07, 6.45) is 0.992. The number of β-lactam (4-membered cyclic amide) rings is 1. The Morgan fingerprint density at radius 3 is 2.75 bits per heavy atom. The van der Waals surface area contributed by atoms with E-state index in [9.17, 15) is 9.59 Å². The largest absolute Gasteiger partial charge is 0.763 e. The molecule has 3 N–H and O–H groups in total. The van der Waals surface area contributed by atoms with Gasteiger partial charge >= 0.3 is 5.97 Å². The maximum absolute atomic E-state index is 11.8. The molecule has 0 aromatic rings. The van der Waals surface area contributed by atoms with Gasteiger partial charge in [-0.1, -0.05) is 34.2 Å². The molecule has 0 aromatic carbocycles. The highest BCUT2D eigenvalue weighted by Crippen LogP contribution is 2.48. The topological polar surface area (TPSA) is 83.6 Å². The van der Waals surface area contributed by atoms with E-state index < -0.39 is 19.0 Å². The summed E-state index contributed by atoms with van der Waals surface area (Å²) in [5, 5.41) is 9.26. The van der Waals surface area contributed by atoms with Crippen molar-refractivity contribution in [2.45, 2.75) is 19.9 Å². The molecule has 0 saturated carbocycles. The minimum Gasteiger partial charge on any atom is -0.763 e. The van der Waals surface area contributed by atoms with Crippen LogP contribution in [0.1, 0.15) is 12.8 Å². The Kier molecular flexibility index (Phi) is 2.96. The number of carboxylic acid groups (broad SMARTS) is 1. The van der Waals surface area contributed by atoms with Crippen LogP contribution >= 0.6 is 34.2 Å². The van der Waals surface area contributed by atoms with Crippen LogP contribution in [0.25, 0.3) is 0 Å². The van der Waals surface area contributed by atoms with Gasteiger partial charge in [-0.3, -0.25) is 4.79 Å². The average molecular weight is 468 g/mol. The van der Waals surface area contributed by atoms with E-state index in [0.717, 1.165) is 0 Å². The first-order chi connectivity index (χ1) is 7.23. The molecule has 2 aliphatic heterocycles. The Bertz CT molecular complexity index is 437. The number of carbonyl (C=O) groups excluding carboxylic acids is 1. The average Bonchev–Trinajstić information content (AvgIpc) is 2.19. The van der Waals surface area contributed by atoms with Gasteiger partial charge in [-0.2, -0.15) is 0 Å². The smallest absolute Gasteiger partial charge is 0.353 e. The number of carbonyl (C=O) groups is 2. The fourth-order valence-corrected chi connectivity index (χ4v) is 3.87. The molecule has 1 saturated heterocycles. The molecule has 2 unspecified atom stereocenters. The molecule has 16 heavy (non-hydrogen) atoms. The van der Waals surface area contributed by atoms with Crippen molar-refractivity contribution in [1.29, 1.82) is 0 Å². The number of rotatable bonds is 1. The summed E-state index contributed by atoms with van der Waals surface area (Å²) in [6, 6.07) is 0. The summed E-state index contributed by atoms with van der Waals surface area (Å²) in [5.74, 6) is -1.59. The van der Waals surface area contributed by atoms with Crippen molar-refractivity contribution in [3.05, 3.63) is 10.7 Å². The van der Waals surface area contributed by atoms with Gasteiger partial charge in [0.1, 0.15) is 9.24 Å². The lowest BCUT2D eigenvalue weighted by Crippen LogP contribution is -3.49. The third-order valence-electron chi connectivity index (χ3n) is 2.79. The minimum absolute atomic E-state index is 0.134. The standard InChI is InChI=1S/C8H7ClI2N2O3/c9-3-1-2-7(10)8(11,12)6(16)13(7)4(3)5(14)15/h1-2,12H2,(H,14,15)/q-1. The fraction of sp³-hybridized carbons (Fsp3) is 0.500. The Balaban J connectivity index is 2.52. The van der Waals surface area contributed by atoms with Gasteiger partial charge in [-0.25, -0.2) is 4.79 Å². The second kappa shape index (κ2) is 3.69. The van der Waals surface area contributed by atoms with E-state index in [4.69, 9.17) is 22.4 Å². The molecule has 0 aliphatic carbocycles. The number of nitrogens with two attached hydrogens (primary N) is 1. The number of aliphatic carboxylic acids is 1. The number of halogens is 3. The molecule has 2 atom stereocenters. The lowest BCUT2D eigenvalue weighted by Gasteiger charge is -2.68. The molecular weight excluding hydrogens is 461 g/mol. The highest BCUT2D eigenvalue weighted by atomic mass is 127. The SMILES string of the molecule is NC1(I)C(=O)N2C(C(=O)O)=C(Cl)CCC21[I-]. The van der Waals surface area contributed by atoms with E-state index in [1.165, 1.54) is 4.90 Å². The zero-order valence-electron chi connectivity index (χ0n) is 7.84. The Morgan fingerprint density at radius 1 is 1.69 bits per heavy atom. The number of amides is 1. The second-order valence-electron chi connectivity index (χ2n) is 3.67. The zero-order chi connectivity index (χ0) is 12.3. The molecule has 2 heterocycles. The van der Waals surface area contributed by atoms with Crippen molar-refractivity contribution in [3.8, 4) is 0 Å². The van der Waals surface area contributed by atoms with Crippen LogP contribution < -0.4 is 28.3 Å². The molecule has 8 heteroatoms. The van der Waals surface area contributed by atoms with Gasteiger partial charge in [0, 0.05) is 5.03 Å². The van der Waals surface area contributed by atoms with Crippen molar-refractivity contribution in [2.75, 3.05) is 0 Å². The molecule has 1 radical (unpaired) electrons. The summed E-state index contributed by atoms with van der Waals surface area (Å²) >= 11 is 9.75. The van der Waals surface area contributed by atoms with Crippen LogP contribution in [0.5, 0.6) is 0 Å². The van der Waals surface area contributed by atoms with E-state index >= 15 is 0 Å². The summed E-state index contributed by atoms with van der Waals surface area (Å²) in [5.41, 5.74) is 5.76. The maximum Gasteiger partial charge on any atom is 0.353 e. The van der Waals surface area contributed by atoms with Gasteiger partial charge in [0.25, 0.3) is 5.91 Å². The van der Waals surface area contributed by atoms with Crippen LogP contribution in [0.3, 0.4) is 0 Å². The van der Waals surface area contributed by atoms with Crippen LogP contribution in [0.2, 0.25) is 0 Å². The molecule has 0 bridgehead atoms. The summed E-state index contributed by atoms with van der Waals surface area (Å²) in [7, 11) is 0. The van der Waals surface area contributed by atoms with Crippen LogP contribution in [0, 0.1) is 0 Å². The van der Waals surface area contributed by atoms with Crippen molar-refractivity contribution in [1.82, 2.24) is 4.90 Å². The Hall–Kier alpha value is 0.390. The predicted molar refractivity (Wildman–Crippen MR) is 60.3 cm³/mol. The highest BCUT2D eigenvalue weighted by Gasteiger charge is 2.63. The number of hydrogen-bond donors (Lipinski definition) is 2. The number of fused-ring (bicyclic) bond motifs is 1. The molecular formula is C8H7ClI2N2O3-. The molecule has 2 rings (SSSR count). The first kappa shape index (κ1) is 12.8. The quantitative estimate of drug-likeness (QED) is 0.193.